The van der Waals surface area contributed by atoms with E-state index in [1.54, 1.807) is 58.0 Å². The summed E-state index contributed by atoms with van der Waals surface area (Å²) in [6.45, 7) is 7.37. The average Bonchev–Trinajstić information content (AvgIpc) is 3.02. The first-order chi connectivity index (χ1) is 15.1. The summed E-state index contributed by atoms with van der Waals surface area (Å²) in [6, 6.07) is 6.74. The van der Waals surface area contributed by atoms with Gasteiger partial charge in [0.1, 0.15) is 22.8 Å². The fourth-order valence-electron chi connectivity index (χ4n) is 3.49. The van der Waals surface area contributed by atoms with E-state index in [1.165, 1.54) is 0 Å². The molecule has 0 saturated carbocycles. The van der Waals surface area contributed by atoms with Gasteiger partial charge in [-0.15, -0.1) is 0 Å². The van der Waals surface area contributed by atoms with Crippen molar-refractivity contribution in [3.63, 3.8) is 0 Å². The molecule has 0 fully saturated rings. The number of ketones is 1. The number of carbonyl (C=O) groups is 2. The van der Waals surface area contributed by atoms with Crippen LogP contribution < -0.4 is 14.2 Å². The fraction of sp³-hybridized carbons (Fsp3) is 0.333. The van der Waals surface area contributed by atoms with Crippen LogP contribution in [0.5, 0.6) is 17.2 Å². The highest BCUT2D eigenvalue weighted by atomic mass is 35.5. The van der Waals surface area contributed by atoms with Crippen LogP contribution in [0, 0.1) is 6.92 Å². The maximum absolute atomic E-state index is 12.9. The van der Waals surface area contributed by atoms with Gasteiger partial charge in [-0.2, -0.15) is 0 Å². The van der Waals surface area contributed by atoms with Crippen LogP contribution in [0.15, 0.2) is 30.0 Å². The first-order valence-electron chi connectivity index (χ1n) is 10.1. The summed E-state index contributed by atoms with van der Waals surface area (Å²) in [6.07, 6.45) is 1.61. The normalized spacial score (nSPS) is 16.2. The fourth-order valence-corrected chi connectivity index (χ4v) is 3.74. The topological polar surface area (TPSA) is 80.3 Å². The molecular formula is C24H23ClO7. The molecule has 0 atom stereocenters. The molecule has 0 spiro atoms. The molecule has 0 aromatic heterocycles. The lowest BCUT2D eigenvalue weighted by molar-refractivity contribution is -0.157. The summed E-state index contributed by atoms with van der Waals surface area (Å²) in [4.78, 5) is 24.9. The summed E-state index contributed by atoms with van der Waals surface area (Å²) in [5.74, 6) is 0.838. The van der Waals surface area contributed by atoms with E-state index < -0.39 is 11.6 Å². The first-order valence-corrected chi connectivity index (χ1v) is 10.5. The Kier molecular flexibility index (Phi) is 5.88. The van der Waals surface area contributed by atoms with Crippen LogP contribution in [-0.4, -0.2) is 30.8 Å². The van der Waals surface area contributed by atoms with Crippen molar-refractivity contribution in [1.82, 2.24) is 0 Å². The number of hydrogen-bond donors (Lipinski definition) is 0. The van der Waals surface area contributed by atoms with Gasteiger partial charge < -0.3 is 23.7 Å². The highest BCUT2D eigenvalue weighted by Gasteiger charge is 2.31. The van der Waals surface area contributed by atoms with Gasteiger partial charge in [0.25, 0.3) is 0 Å². The maximum Gasteiger partial charge on any atom is 0.344 e. The van der Waals surface area contributed by atoms with E-state index in [4.69, 9.17) is 35.3 Å². The van der Waals surface area contributed by atoms with Crippen molar-refractivity contribution in [3.8, 4) is 17.2 Å². The van der Waals surface area contributed by atoms with E-state index in [0.717, 1.165) is 5.56 Å². The highest BCUT2D eigenvalue weighted by molar-refractivity contribution is 6.31. The smallest absolute Gasteiger partial charge is 0.344 e. The van der Waals surface area contributed by atoms with Gasteiger partial charge in [0.15, 0.2) is 19.2 Å². The molecule has 4 rings (SSSR count). The van der Waals surface area contributed by atoms with E-state index in [-0.39, 0.29) is 24.9 Å². The predicted molar refractivity (Wildman–Crippen MR) is 117 cm³/mol. The van der Waals surface area contributed by atoms with Crippen LogP contribution in [0.4, 0.5) is 0 Å². The van der Waals surface area contributed by atoms with Gasteiger partial charge in [-0.25, -0.2) is 4.79 Å². The molecule has 2 aromatic rings. The Hall–Kier alpha value is -3.03. The predicted octanol–water partition coefficient (Wildman–Crippen LogP) is 4.85. The number of benzene rings is 2. The van der Waals surface area contributed by atoms with E-state index in [1.807, 2.05) is 0 Å². The summed E-state index contributed by atoms with van der Waals surface area (Å²) in [5, 5.41) is 0.502. The molecule has 0 aliphatic carbocycles. The molecule has 7 nitrogen and oxygen atoms in total. The Morgan fingerprint density at radius 3 is 2.75 bits per heavy atom. The lowest BCUT2D eigenvalue weighted by Gasteiger charge is -2.20. The van der Waals surface area contributed by atoms with Crippen LogP contribution in [0.25, 0.3) is 6.08 Å². The van der Waals surface area contributed by atoms with Crippen molar-refractivity contribution < 1.29 is 33.3 Å². The van der Waals surface area contributed by atoms with Crippen LogP contribution >= 0.6 is 11.6 Å². The average molecular weight is 459 g/mol. The second-order valence-corrected chi connectivity index (χ2v) is 8.91. The van der Waals surface area contributed by atoms with Gasteiger partial charge in [0.2, 0.25) is 5.78 Å². The molecule has 2 aliphatic rings. The lowest BCUT2D eigenvalue weighted by atomic mass is 10.0. The second-order valence-electron chi connectivity index (χ2n) is 8.47. The lowest BCUT2D eigenvalue weighted by Crippen LogP contribution is -2.27. The van der Waals surface area contributed by atoms with Crippen LogP contribution in [0.1, 0.15) is 47.8 Å². The van der Waals surface area contributed by atoms with Crippen molar-refractivity contribution in [1.29, 1.82) is 0 Å². The number of halogens is 1. The molecule has 2 heterocycles. The molecule has 0 saturated heterocycles. The Morgan fingerprint density at radius 2 is 2.00 bits per heavy atom. The molecule has 0 unspecified atom stereocenters. The van der Waals surface area contributed by atoms with E-state index >= 15 is 0 Å². The zero-order chi connectivity index (χ0) is 23.0. The van der Waals surface area contributed by atoms with Gasteiger partial charge in [0, 0.05) is 21.7 Å². The summed E-state index contributed by atoms with van der Waals surface area (Å²) in [5.41, 5.74) is 1.86. The molecule has 0 amide bonds. The third-order valence-electron chi connectivity index (χ3n) is 4.79. The van der Waals surface area contributed by atoms with E-state index in [9.17, 15) is 9.59 Å². The number of esters is 1. The second kappa shape index (κ2) is 8.48. The minimum absolute atomic E-state index is 0.122. The minimum atomic E-state index is -0.599. The third-order valence-corrected chi connectivity index (χ3v) is 5.01. The summed E-state index contributed by atoms with van der Waals surface area (Å²) < 4.78 is 27.7. The summed E-state index contributed by atoms with van der Waals surface area (Å²) in [7, 11) is 0. The number of rotatable bonds is 4. The van der Waals surface area contributed by atoms with Crippen molar-refractivity contribution in [2.24, 2.45) is 0 Å². The van der Waals surface area contributed by atoms with Gasteiger partial charge in [-0.1, -0.05) is 11.6 Å². The third kappa shape index (κ3) is 4.59. The number of ether oxygens (including phenoxy) is 5. The van der Waals surface area contributed by atoms with E-state index in [2.05, 4.69) is 0 Å². The van der Waals surface area contributed by atoms with Gasteiger partial charge in [-0.3, -0.25) is 4.79 Å². The minimum Gasteiger partial charge on any atom is -0.481 e. The van der Waals surface area contributed by atoms with Gasteiger partial charge in [-0.05, 0) is 58.0 Å². The molecule has 0 bridgehead atoms. The van der Waals surface area contributed by atoms with Gasteiger partial charge in [0.05, 0.1) is 12.2 Å². The molecule has 168 valence electrons. The molecule has 2 aromatic carbocycles. The van der Waals surface area contributed by atoms with Crippen LogP contribution in [-0.2, 0) is 20.9 Å². The number of allylic oxidation sites excluding steroid dienone is 1. The Bertz CT molecular complexity index is 1130. The zero-order valence-corrected chi connectivity index (χ0v) is 19.0. The maximum atomic E-state index is 12.9. The van der Waals surface area contributed by atoms with Gasteiger partial charge >= 0.3 is 5.97 Å². The number of Topliss-reactive ketones (excluding diaryl/α,β-unsaturated/α-hetero) is 1. The highest BCUT2D eigenvalue weighted by Crippen LogP contribution is 2.40. The van der Waals surface area contributed by atoms with Crippen molar-refractivity contribution in [3.05, 3.63) is 57.3 Å². The largest absolute Gasteiger partial charge is 0.481 e. The quantitative estimate of drug-likeness (QED) is 0.478. The molecule has 2 aliphatic heterocycles. The number of carbonyl (C=O) groups excluding carboxylic acids is 2. The standard InChI is InChI=1S/C24H23ClO7/c1-13-18(29-11-20(26)32-24(2,3)4)6-5-17-21(27)19(31-22(13)17)9-14-7-16(25)8-15-10-28-12-30-23(14)15/h5-9H,10-12H2,1-4H3/b19-9-. The van der Waals surface area contributed by atoms with Crippen molar-refractivity contribution in [2.75, 3.05) is 13.4 Å². The zero-order valence-electron chi connectivity index (χ0n) is 18.2. The molecule has 0 radical (unpaired) electrons. The Balaban J connectivity index is 1.58. The van der Waals surface area contributed by atoms with Crippen molar-refractivity contribution in [2.45, 2.75) is 39.9 Å². The molecular weight excluding hydrogens is 436 g/mol. The summed E-state index contributed by atoms with van der Waals surface area (Å²) >= 11 is 6.22. The molecule has 32 heavy (non-hydrogen) atoms. The SMILES string of the molecule is Cc1c(OCC(=O)OC(C)(C)C)ccc2c1O/C(=C\c1cc(Cl)cc3c1OCOC3)C2=O. The Labute approximate surface area is 190 Å². The van der Waals surface area contributed by atoms with Crippen LogP contribution in [0.2, 0.25) is 5.02 Å². The Morgan fingerprint density at radius 1 is 1.22 bits per heavy atom. The molecule has 0 N–H and O–H groups in total. The monoisotopic (exact) mass is 458 g/mol. The van der Waals surface area contributed by atoms with Crippen molar-refractivity contribution >= 4 is 29.4 Å². The van der Waals surface area contributed by atoms with E-state index in [0.29, 0.717) is 45.6 Å². The first kappa shape index (κ1) is 22.2. The number of hydrogen-bond acceptors (Lipinski definition) is 7. The number of fused-ring (bicyclic) bond motifs is 2. The van der Waals surface area contributed by atoms with Crippen LogP contribution in [0.3, 0.4) is 0 Å². The molecule has 8 heteroatoms.